The van der Waals surface area contributed by atoms with Crippen molar-refractivity contribution < 1.29 is 14.3 Å². The Bertz CT molecular complexity index is 1090. The fourth-order valence-electron chi connectivity index (χ4n) is 3.98. The number of ether oxygens (including phenoxy) is 2. The molecule has 3 rings (SSSR count). The molecule has 1 aliphatic rings. The van der Waals surface area contributed by atoms with Crippen molar-refractivity contribution in [2.75, 3.05) is 14.2 Å². The second kappa shape index (κ2) is 11.5. The first kappa shape index (κ1) is 23.6. The number of fused-ring (bicyclic) bond motifs is 1. The fourth-order valence-corrected chi connectivity index (χ4v) is 3.98. The number of methoxy groups -OCH3 is 2. The summed E-state index contributed by atoms with van der Waals surface area (Å²) in [6.45, 7) is 2.76. The van der Waals surface area contributed by atoms with Gasteiger partial charge in [0.05, 0.1) is 54.9 Å². The number of nitrogens with two attached hydrogens (primary N) is 1. The summed E-state index contributed by atoms with van der Waals surface area (Å²) in [5.74, 6) is 0.931. The Hall–Kier alpha value is -3.09. The minimum absolute atomic E-state index is 0.388. The van der Waals surface area contributed by atoms with Crippen LogP contribution in [-0.4, -0.2) is 35.6 Å². The quantitative estimate of drug-likeness (QED) is 0.480. The maximum Gasteiger partial charge on any atom is 0.337 e. The van der Waals surface area contributed by atoms with Gasteiger partial charge in [0.2, 0.25) is 0 Å². The van der Waals surface area contributed by atoms with Gasteiger partial charge in [-0.05, 0) is 37.8 Å². The van der Waals surface area contributed by atoms with Crippen molar-refractivity contribution >= 4 is 23.6 Å². The first-order valence-corrected chi connectivity index (χ1v) is 11.4. The molecule has 0 aliphatic carbocycles. The van der Waals surface area contributed by atoms with Crippen LogP contribution in [0.5, 0.6) is 5.75 Å². The summed E-state index contributed by atoms with van der Waals surface area (Å²) in [5, 5.41) is 1.98. The van der Waals surface area contributed by atoms with Crippen LogP contribution in [0.1, 0.15) is 74.2 Å². The molecule has 32 heavy (non-hydrogen) atoms. The van der Waals surface area contributed by atoms with Gasteiger partial charge in [0.25, 0.3) is 0 Å². The lowest BCUT2D eigenvalue weighted by Gasteiger charge is -2.12. The van der Waals surface area contributed by atoms with Gasteiger partial charge in [-0.1, -0.05) is 38.3 Å². The van der Waals surface area contributed by atoms with E-state index in [1.54, 1.807) is 19.2 Å². The van der Waals surface area contributed by atoms with Gasteiger partial charge in [-0.15, -0.1) is 0 Å². The predicted molar refractivity (Wildman–Crippen MR) is 127 cm³/mol. The van der Waals surface area contributed by atoms with E-state index in [-0.39, 0.29) is 5.97 Å². The van der Waals surface area contributed by atoms with Gasteiger partial charge in [0, 0.05) is 12.0 Å². The summed E-state index contributed by atoms with van der Waals surface area (Å²) in [7, 11) is 2.97. The molecule has 7 heteroatoms. The Kier molecular flexibility index (Phi) is 8.48. The minimum atomic E-state index is -0.388. The van der Waals surface area contributed by atoms with Crippen LogP contribution in [0, 0.1) is 0 Å². The number of benzene rings is 1. The maximum atomic E-state index is 11.9. The Morgan fingerprint density at radius 1 is 1.22 bits per heavy atom. The smallest absolute Gasteiger partial charge is 0.337 e. The Labute approximate surface area is 189 Å². The second-order valence-corrected chi connectivity index (χ2v) is 8.08. The molecular weight excluding hydrogens is 404 g/mol. The van der Waals surface area contributed by atoms with Crippen molar-refractivity contribution in [3.8, 4) is 5.75 Å². The van der Waals surface area contributed by atoms with Crippen molar-refractivity contribution in [2.24, 2.45) is 10.7 Å². The third-order valence-electron chi connectivity index (χ3n) is 5.71. The Morgan fingerprint density at radius 3 is 2.81 bits per heavy atom. The summed E-state index contributed by atoms with van der Waals surface area (Å²) in [4.78, 5) is 21.4. The molecule has 2 aromatic rings. The number of carbonyl (C=O) groups is 1. The van der Waals surface area contributed by atoms with Gasteiger partial charge in [0.15, 0.2) is 0 Å². The van der Waals surface area contributed by atoms with Gasteiger partial charge in [-0.2, -0.15) is 0 Å². The summed E-state index contributed by atoms with van der Waals surface area (Å²) in [6.07, 6.45) is 12.2. The monoisotopic (exact) mass is 438 g/mol. The highest BCUT2D eigenvalue weighted by Crippen LogP contribution is 2.22. The number of hydrogen-bond donors (Lipinski definition) is 1. The van der Waals surface area contributed by atoms with Gasteiger partial charge < -0.3 is 19.8 Å². The first-order valence-electron chi connectivity index (χ1n) is 11.4. The number of aliphatic imine (C=N–C) groups is 1. The molecule has 0 unspecified atom stereocenters. The van der Waals surface area contributed by atoms with Crippen LogP contribution in [-0.2, 0) is 11.3 Å². The number of imidazole rings is 1. The third kappa shape index (κ3) is 5.78. The topological polar surface area (TPSA) is 91.7 Å². The van der Waals surface area contributed by atoms with E-state index in [2.05, 4.69) is 17.6 Å². The molecular formula is C25H34N4O3. The van der Waals surface area contributed by atoms with E-state index in [0.717, 1.165) is 54.1 Å². The normalized spacial score (nSPS) is 16.6. The molecule has 2 N–H and O–H groups in total. The summed E-state index contributed by atoms with van der Waals surface area (Å²) < 4.78 is 12.5. The molecule has 0 saturated heterocycles. The number of esters is 1. The highest BCUT2D eigenvalue weighted by molar-refractivity contribution is 5.90. The Morgan fingerprint density at radius 2 is 2.06 bits per heavy atom. The average Bonchev–Trinajstić information content (AvgIpc) is 3.22. The lowest BCUT2D eigenvalue weighted by atomic mass is 10.1. The number of nitrogens with zero attached hydrogens (tertiary/aromatic N) is 3. The summed E-state index contributed by atoms with van der Waals surface area (Å²) in [6, 6.07) is 5.37. The Balaban J connectivity index is 2.06. The molecule has 1 aromatic carbocycles. The first-order chi connectivity index (χ1) is 15.6. The van der Waals surface area contributed by atoms with E-state index in [1.165, 1.54) is 26.4 Å². The van der Waals surface area contributed by atoms with Crippen molar-refractivity contribution in [3.05, 3.63) is 46.4 Å². The lowest BCUT2D eigenvalue weighted by molar-refractivity contribution is 0.0600. The van der Waals surface area contributed by atoms with Gasteiger partial charge in [-0.25, -0.2) is 14.8 Å². The van der Waals surface area contributed by atoms with Crippen LogP contribution in [0.3, 0.4) is 0 Å². The molecule has 0 spiro atoms. The van der Waals surface area contributed by atoms with E-state index in [0.29, 0.717) is 23.7 Å². The number of unbranched alkanes of at least 4 members (excludes halogenated alkanes) is 3. The maximum absolute atomic E-state index is 11.9. The summed E-state index contributed by atoms with van der Waals surface area (Å²) in [5.41, 5.74) is 8.65. The van der Waals surface area contributed by atoms with Crippen molar-refractivity contribution in [1.82, 2.24) is 9.55 Å². The highest BCUT2D eigenvalue weighted by Gasteiger charge is 2.13. The molecule has 0 radical (unpaired) electrons. The zero-order valence-electron chi connectivity index (χ0n) is 19.4. The molecule has 0 saturated carbocycles. The third-order valence-corrected chi connectivity index (χ3v) is 5.71. The van der Waals surface area contributed by atoms with Crippen molar-refractivity contribution in [1.29, 1.82) is 0 Å². The zero-order chi connectivity index (χ0) is 22.9. The molecule has 1 aliphatic heterocycles. The molecule has 0 bridgehead atoms. The molecule has 2 heterocycles. The average molecular weight is 439 g/mol. The number of carbonyl (C=O) groups excluding carboxylic acids is 1. The minimum Gasteiger partial charge on any atom is -0.496 e. The molecule has 0 amide bonds. The largest absolute Gasteiger partial charge is 0.496 e. The fraction of sp³-hybridized carbons (Fsp3) is 0.480. The lowest BCUT2D eigenvalue weighted by Crippen LogP contribution is -2.33. The molecule has 172 valence electrons. The van der Waals surface area contributed by atoms with E-state index < -0.39 is 0 Å². The van der Waals surface area contributed by atoms with Crippen LogP contribution in [0.25, 0.3) is 11.8 Å². The van der Waals surface area contributed by atoms with Gasteiger partial charge in [-0.3, -0.25) is 0 Å². The molecule has 0 fully saturated rings. The number of amidine groups is 1. The predicted octanol–water partition coefficient (Wildman–Crippen LogP) is 3.13. The highest BCUT2D eigenvalue weighted by atomic mass is 16.5. The number of rotatable bonds is 9. The van der Waals surface area contributed by atoms with Crippen molar-refractivity contribution in [2.45, 2.75) is 64.8 Å². The van der Waals surface area contributed by atoms with Crippen molar-refractivity contribution in [3.63, 3.8) is 0 Å². The van der Waals surface area contributed by atoms with E-state index in [1.807, 2.05) is 12.4 Å². The summed E-state index contributed by atoms with van der Waals surface area (Å²) >= 11 is 0. The molecule has 7 nitrogen and oxygen atoms in total. The van der Waals surface area contributed by atoms with E-state index >= 15 is 0 Å². The van der Waals surface area contributed by atoms with E-state index in [4.69, 9.17) is 25.2 Å². The van der Waals surface area contributed by atoms with Crippen LogP contribution < -0.4 is 21.2 Å². The van der Waals surface area contributed by atoms with Crippen LogP contribution in [0.4, 0.5) is 0 Å². The van der Waals surface area contributed by atoms with Crippen LogP contribution in [0.15, 0.2) is 29.5 Å². The van der Waals surface area contributed by atoms with Gasteiger partial charge >= 0.3 is 5.97 Å². The second-order valence-electron chi connectivity index (χ2n) is 8.08. The van der Waals surface area contributed by atoms with Gasteiger partial charge in [0.1, 0.15) is 5.75 Å². The zero-order valence-corrected chi connectivity index (χ0v) is 19.4. The standard InChI is InChI=1S/C25H34N4O3/c1-4-5-6-7-11-21-24-20(10-8-9-12-23(26)28-21)27-17-29(24)16-19-14-13-18(25(30)32-3)15-22(19)31-2/h10,13-15,17H,4-9,11-12,16H2,1-3H3,(H2,26,28)/b20-10+,24-21+. The molecule has 0 atom stereocenters. The number of hydrogen-bond acceptors (Lipinski definition) is 6. The van der Waals surface area contributed by atoms with Crippen LogP contribution >= 0.6 is 0 Å². The SMILES string of the molecule is CCCCCC/C1=c2/c(ncn2Cc2ccc(C(=O)OC)cc2OC)=C\CCCC(N)=N1. The van der Waals surface area contributed by atoms with E-state index in [9.17, 15) is 4.79 Å². The molecule has 1 aromatic heterocycles. The number of aromatic nitrogens is 2. The van der Waals surface area contributed by atoms with Crippen LogP contribution in [0.2, 0.25) is 0 Å².